The molecular formula is C27H27FN6O3. The minimum atomic E-state index is -0.684. The van der Waals surface area contributed by atoms with Crippen molar-refractivity contribution in [2.75, 3.05) is 24.3 Å². The van der Waals surface area contributed by atoms with Crippen molar-refractivity contribution in [3.05, 3.63) is 87.3 Å². The van der Waals surface area contributed by atoms with Crippen LogP contribution in [0.15, 0.2) is 53.6 Å². The van der Waals surface area contributed by atoms with Crippen LogP contribution in [0.2, 0.25) is 0 Å². The van der Waals surface area contributed by atoms with E-state index in [0.29, 0.717) is 18.6 Å². The van der Waals surface area contributed by atoms with Gasteiger partial charge >= 0.3 is 0 Å². The first-order valence-electron chi connectivity index (χ1n) is 12.0. The molecule has 2 aromatic heterocycles. The minimum Gasteiger partial charge on any atom is -0.508 e. The molecule has 9 nitrogen and oxygen atoms in total. The third-order valence-corrected chi connectivity index (χ3v) is 6.66. The smallest absolute Gasteiger partial charge is 0.259 e. The highest BCUT2D eigenvalue weighted by Crippen LogP contribution is 2.27. The quantitative estimate of drug-likeness (QED) is 0.293. The molecule has 5 N–H and O–H groups in total. The van der Waals surface area contributed by atoms with E-state index in [1.54, 1.807) is 0 Å². The van der Waals surface area contributed by atoms with Gasteiger partial charge in [-0.05, 0) is 48.9 Å². The third kappa shape index (κ3) is 4.75. The van der Waals surface area contributed by atoms with Gasteiger partial charge in [0.05, 0.1) is 23.2 Å². The lowest BCUT2D eigenvalue weighted by molar-refractivity contribution is 0.0681. The molecule has 4 aromatic rings. The molecule has 1 fully saturated rings. The highest BCUT2D eigenvalue weighted by atomic mass is 19.1. The number of benzene rings is 2. The van der Waals surface area contributed by atoms with Gasteiger partial charge in [-0.2, -0.15) is 0 Å². The van der Waals surface area contributed by atoms with Gasteiger partial charge in [-0.25, -0.2) is 14.4 Å². The summed E-state index contributed by atoms with van der Waals surface area (Å²) in [7, 11) is 0. The molecule has 190 valence electrons. The lowest BCUT2D eigenvalue weighted by Crippen LogP contribution is -2.32. The first-order chi connectivity index (χ1) is 17.8. The van der Waals surface area contributed by atoms with Crippen LogP contribution in [0.3, 0.4) is 0 Å². The number of aromatic hydroxyl groups is 1. The second kappa shape index (κ2) is 9.98. The second-order valence-corrected chi connectivity index (χ2v) is 9.10. The number of hydrogen-bond acceptors (Lipinski definition) is 8. The normalized spacial score (nSPS) is 14.1. The summed E-state index contributed by atoms with van der Waals surface area (Å²) in [6.07, 6.45) is 2.72. The molecule has 0 amide bonds. The molecule has 10 heteroatoms. The van der Waals surface area contributed by atoms with Crippen molar-refractivity contribution in [1.82, 2.24) is 14.5 Å². The molecule has 1 aliphatic rings. The Morgan fingerprint density at radius 1 is 1.24 bits per heavy atom. The number of phenols is 1. The maximum Gasteiger partial charge on any atom is 0.259 e. The number of nitrogens with two attached hydrogens (primary N) is 1. The monoisotopic (exact) mass is 502 g/mol. The molecule has 1 aliphatic heterocycles. The molecule has 0 saturated carbocycles. The fourth-order valence-electron chi connectivity index (χ4n) is 4.90. The van der Waals surface area contributed by atoms with Gasteiger partial charge in [0.1, 0.15) is 29.5 Å². The average Bonchev–Trinajstić information content (AvgIpc) is 2.87. The van der Waals surface area contributed by atoms with E-state index in [4.69, 9.17) is 15.9 Å². The van der Waals surface area contributed by atoms with E-state index in [-0.39, 0.29) is 52.4 Å². The summed E-state index contributed by atoms with van der Waals surface area (Å²) in [5.74, 6) is -0.702. The number of aromatic nitrogens is 3. The topological polar surface area (TPSA) is 139 Å². The predicted molar refractivity (Wildman–Crippen MR) is 140 cm³/mol. The number of ether oxygens (including phenoxy) is 1. The second-order valence-electron chi connectivity index (χ2n) is 9.10. The molecule has 37 heavy (non-hydrogen) atoms. The first kappa shape index (κ1) is 24.4. The first-order valence-corrected chi connectivity index (χ1v) is 12.0. The number of aryl methyl sites for hydroxylation is 1. The maximum absolute atomic E-state index is 13.9. The van der Waals surface area contributed by atoms with E-state index >= 15 is 0 Å². The number of phenolic OH excluding ortho intramolecular Hbond substituents is 1. The predicted octanol–water partition coefficient (Wildman–Crippen LogP) is 3.91. The van der Waals surface area contributed by atoms with Crippen LogP contribution >= 0.6 is 0 Å². The zero-order chi connectivity index (χ0) is 26.1. The molecule has 0 bridgehead atoms. The lowest BCUT2D eigenvalue weighted by atomic mass is 10.0. The minimum absolute atomic E-state index is 0.00874. The highest BCUT2D eigenvalue weighted by Gasteiger charge is 2.23. The summed E-state index contributed by atoms with van der Waals surface area (Å²) >= 11 is 0. The number of nitrogens with one attached hydrogen (secondary N) is 2. The number of rotatable bonds is 6. The Morgan fingerprint density at radius 3 is 2.78 bits per heavy atom. The summed E-state index contributed by atoms with van der Waals surface area (Å²) in [5.41, 5.74) is 7.88. The van der Waals surface area contributed by atoms with Crippen LogP contribution in [0.5, 0.6) is 5.75 Å². The van der Waals surface area contributed by atoms with Gasteiger partial charge in [0, 0.05) is 36.6 Å². The molecular weight excluding hydrogens is 475 g/mol. The molecule has 2 aromatic carbocycles. The molecule has 0 aliphatic carbocycles. The number of anilines is 2. The van der Waals surface area contributed by atoms with Gasteiger partial charge in [0.15, 0.2) is 0 Å². The Bertz CT molecular complexity index is 1540. The van der Waals surface area contributed by atoms with Gasteiger partial charge < -0.3 is 25.5 Å². The van der Waals surface area contributed by atoms with Crippen LogP contribution in [0, 0.1) is 18.2 Å². The standard InChI is InChI=1S/C27H27FN6O3/c1-15-3-2-4-16-10-20(34(27(36)22(15)16)19-5-7-37-8-6-19)13-31-26-23(25(30)32-14-33-26)24(29)17-9-18(28)12-21(35)11-17/h2-4,9-12,14,19,29,35H,5-8,13H2,1H3,(H3,30,31,32,33). The maximum atomic E-state index is 13.9. The van der Waals surface area contributed by atoms with Crippen molar-refractivity contribution in [2.45, 2.75) is 32.4 Å². The Hall–Kier alpha value is -4.31. The van der Waals surface area contributed by atoms with Crippen LogP contribution in [0.1, 0.15) is 41.3 Å². The van der Waals surface area contributed by atoms with E-state index in [1.807, 2.05) is 35.8 Å². The van der Waals surface area contributed by atoms with Crippen LogP contribution in [0.4, 0.5) is 16.0 Å². The van der Waals surface area contributed by atoms with E-state index in [2.05, 4.69) is 15.3 Å². The molecule has 3 heterocycles. The summed E-state index contributed by atoms with van der Waals surface area (Å²) in [5, 5.41) is 23.2. The van der Waals surface area contributed by atoms with E-state index < -0.39 is 5.82 Å². The van der Waals surface area contributed by atoms with Crippen LogP contribution in [-0.2, 0) is 11.3 Å². The summed E-state index contributed by atoms with van der Waals surface area (Å²) in [6.45, 7) is 3.32. The third-order valence-electron chi connectivity index (χ3n) is 6.66. The summed E-state index contributed by atoms with van der Waals surface area (Å²) in [6, 6.07) is 11.1. The molecule has 0 unspecified atom stereocenters. The van der Waals surface area contributed by atoms with E-state index in [1.165, 1.54) is 12.4 Å². The highest BCUT2D eigenvalue weighted by molar-refractivity contribution is 6.16. The molecule has 0 radical (unpaired) electrons. The van der Waals surface area contributed by atoms with E-state index in [0.717, 1.165) is 41.6 Å². The Kier molecular flexibility index (Phi) is 6.58. The number of fused-ring (bicyclic) bond motifs is 1. The Morgan fingerprint density at radius 2 is 2.03 bits per heavy atom. The van der Waals surface area contributed by atoms with Crippen LogP contribution in [-0.4, -0.2) is 38.6 Å². The number of hydrogen-bond donors (Lipinski definition) is 4. The summed E-state index contributed by atoms with van der Waals surface area (Å²) in [4.78, 5) is 22.0. The van der Waals surface area contributed by atoms with Crippen molar-refractivity contribution in [3.63, 3.8) is 0 Å². The molecule has 0 spiro atoms. The van der Waals surface area contributed by atoms with Gasteiger partial charge in [-0.15, -0.1) is 0 Å². The fourth-order valence-corrected chi connectivity index (χ4v) is 4.90. The van der Waals surface area contributed by atoms with Gasteiger partial charge in [0.25, 0.3) is 5.56 Å². The largest absolute Gasteiger partial charge is 0.508 e. The SMILES string of the molecule is Cc1cccc2cc(CNc3ncnc(N)c3C(=N)c3cc(O)cc(F)c3)n(C3CCOCC3)c(=O)c12. The number of nitrogen functional groups attached to an aromatic ring is 1. The van der Waals surface area contributed by atoms with E-state index in [9.17, 15) is 14.3 Å². The zero-order valence-electron chi connectivity index (χ0n) is 20.3. The fraction of sp³-hybridized carbons (Fsp3) is 0.259. The average molecular weight is 503 g/mol. The molecule has 0 atom stereocenters. The number of pyridine rings is 1. The van der Waals surface area contributed by atoms with Crippen molar-refractivity contribution < 1.29 is 14.2 Å². The van der Waals surface area contributed by atoms with Crippen molar-refractivity contribution in [2.24, 2.45) is 0 Å². The number of nitrogens with zero attached hydrogens (tertiary/aromatic N) is 3. The molecule has 1 saturated heterocycles. The zero-order valence-corrected chi connectivity index (χ0v) is 20.3. The summed E-state index contributed by atoms with van der Waals surface area (Å²) < 4.78 is 21.3. The Balaban J connectivity index is 1.55. The van der Waals surface area contributed by atoms with Gasteiger partial charge in [0.2, 0.25) is 0 Å². The van der Waals surface area contributed by atoms with Crippen LogP contribution < -0.4 is 16.6 Å². The van der Waals surface area contributed by atoms with Gasteiger partial charge in [-0.1, -0.05) is 18.2 Å². The van der Waals surface area contributed by atoms with Crippen molar-refractivity contribution >= 4 is 28.1 Å². The van der Waals surface area contributed by atoms with Crippen molar-refractivity contribution in [3.8, 4) is 5.75 Å². The Labute approximate surface area is 212 Å². The van der Waals surface area contributed by atoms with Crippen LogP contribution in [0.25, 0.3) is 10.8 Å². The van der Waals surface area contributed by atoms with Gasteiger partial charge in [-0.3, -0.25) is 10.2 Å². The number of halogens is 1. The molecule has 5 rings (SSSR count). The van der Waals surface area contributed by atoms with Crippen molar-refractivity contribution in [1.29, 1.82) is 5.41 Å². The lowest BCUT2D eigenvalue weighted by Gasteiger charge is -2.28.